The fourth-order valence-corrected chi connectivity index (χ4v) is 3.04. The molecule has 22 heavy (non-hydrogen) atoms. The van der Waals surface area contributed by atoms with Gasteiger partial charge in [-0.2, -0.15) is 5.10 Å². The SMILES string of the molecule is CO[C@@H](C(=O)N1CCC[C@@H](n2cccn2)C1)c1ccccc1. The van der Waals surface area contributed by atoms with Crippen LogP contribution in [-0.4, -0.2) is 40.8 Å². The minimum absolute atomic E-state index is 0.0329. The van der Waals surface area contributed by atoms with E-state index in [-0.39, 0.29) is 11.9 Å². The molecule has 0 radical (unpaired) electrons. The van der Waals surface area contributed by atoms with Gasteiger partial charge in [-0.15, -0.1) is 0 Å². The van der Waals surface area contributed by atoms with Crippen molar-refractivity contribution in [2.75, 3.05) is 20.2 Å². The molecule has 0 spiro atoms. The molecular weight excluding hydrogens is 278 g/mol. The van der Waals surface area contributed by atoms with Crippen LogP contribution in [0.1, 0.15) is 30.6 Å². The summed E-state index contributed by atoms with van der Waals surface area (Å²) < 4.78 is 7.41. The molecule has 5 heteroatoms. The molecule has 5 nitrogen and oxygen atoms in total. The maximum absolute atomic E-state index is 12.8. The largest absolute Gasteiger partial charge is 0.367 e. The molecule has 2 aromatic rings. The average molecular weight is 299 g/mol. The number of hydrogen-bond acceptors (Lipinski definition) is 3. The first kappa shape index (κ1) is 14.8. The van der Waals surface area contributed by atoms with Gasteiger partial charge in [0.1, 0.15) is 0 Å². The average Bonchev–Trinajstić information content (AvgIpc) is 3.11. The quantitative estimate of drug-likeness (QED) is 0.871. The lowest BCUT2D eigenvalue weighted by atomic mass is 10.0. The van der Waals surface area contributed by atoms with Crippen LogP contribution in [0.15, 0.2) is 48.8 Å². The van der Waals surface area contributed by atoms with E-state index in [2.05, 4.69) is 5.10 Å². The van der Waals surface area contributed by atoms with Gasteiger partial charge in [-0.25, -0.2) is 0 Å². The van der Waals surface area contributed by atoms with Crippen LogP contribution in [0.3, 0.4) is 0 Å². The highest BCUT2D eigenvalue weighted by Crippen LogP contribution is 2.25. The highest BCUT2D eigenvalue weighted by Gasteiger charge is 2.30. The second-order valence-electron chi connectivity index (χ2n) is 5.59. The first-order valence-corrected chi connectivity index (χ1v) is 7.65. The van der Waals surface area contributed by atoms with Crippen molar-refractivity contribution in [3.8, 4) is 0 Å². The van der Waals surface area contributed by atoms with Crippen LogP contribution in [0.25, 0.3) is 0 Å². The van der Waals surface area contributed by atoms with Crippen LogP contribution < -0.4 is 0 Å². The third kappa shape index (κ3) is 3.04. The molecule has 0 aliphatic carbocycles. The summed E-state index contributed by atoms with van der Waals surface area (Å²) in [6.45, 7) is 1.47. The molecule has 1 aliphatic heterocycles. The number of hydrogen-bond donors (Lipinski definition) is 0. The number of ether oxygens (including phenoxy) is 1. The predicted octanol–water partition coefficient (Wildman–Crippen LogP) is 2.43. The van der Waals surface area contributed by atoms with Crippen molar-refractivity contribution < 1.29 is 9.53 Å². The van der Waals surface area contributed by atoms with Gasteiger partial charge in [0.2, 0.25) is 0 Å². The van der Waals surface area contributed by atoms with E-state index in [1.54, 1.807) is 13.3 Å². The molecule has 2 heterocycles. The Labute approximate surface area is 130 Å². The van der Waals surface area contributed by atoms with E-state index in [9.17, 15) is 4.79 Å². The van der Waals surface area contributed by atoms with Crippen molar-refractivity contribution in [1.29, 1.82) is 0 Å². The molecular formula is C17H21N3O2. The number of methoxy groups -OCH3 is 1. The van der Waals surface area contributed by atoms with Gasteiger partial charge in [-0.1, -0.05) is 30.3 Å². The van der Waals surface area contributed by atoms with Crippen molar-refractivity contribution in [2.24, 2.45) is 0 Å². The maximum atomic E-state index is 12.8. The molecule has 0 bridgehead atoms. The number of carbonyl (C=O) groups excluding carboxylic acids is 1. The molecule has 0 N–H and O–H groups in total. The van der Waals surface area contributed by atoms with E-state index >= 15 is 0 Å². The lowest BCUT2D eigenvalue weighted by Crippen LogP contribution is -2.43. The summed E-state index contributed by atoms with van der Waals surface area (Å²) in [5.41, 5.74) is 0.899. The van der Waals surface area contributed by atoms with Gasteiger partial charge in [0, 0.05) is 32.6 Å². The molecule has 116 valence electrons. The summed E-state index contributed by atoms with van der Waals surface area (Å²) in [4.78, 5) is 14.7. The fourth-order valence-electron chi connectivity index (χ4n) is 3.04. The minimum atomic E-state index is -0.530. The molecule has 0 unspecified atom stereocenters. The number of likely N-dealkylation sites (tertiary alicyclic amines) is 1. The second-order valence-corrected chi connectivity index (χ2v) is 5.59. The first-order chi connectivity index (χ1) is 10.8. The van der Waals surface area contributed by atoms with Gasteiger partial charge >= 0.3 is 0 Å². The minimum Gasteiger partial charge on any atom is -0.367 e. The molecule has 1 aliphatic rings. The predicted molar refractivity (Wildman–Crippen MR) is 83.3 cm³/mol. The lowest BCUT2D eigenvalue weighted by Gasteiger charge is -2.34. The zero-order chi connectivity index (χ0) is 15.4. The molecule has 1 aromatic carbocycles. The third-order valence-electron chi connectivity index (χ3n) is 4.17. The van der Waals surface area contributed by atoms with Crippen molar-refractivity contribution >= 4 is 5.91 Å². The number of piperidine rings is 1. The van der Waals surface area contributed by atoms with Crippen molar-refractivity contribution in [1.82, 2.24) is 14.7 Å². The van der Waals surface area contributed by atoms with E-state index in [0.29, 0.717) is 6.54 Å². The fraction of sp³-hybridized carbons (Fsp3) is 0.412. The van der Waals surface area contributed by atoms with Crippen LogP contribution in [0.4, 0.5) is 0 Å². The zero-order valence-electron chi connectivity index (χ0n) is 12.8. The van der Waals surface area contributed by atoms with Crippen molar-refractivity contribution in [3.05, 3.63) is 54.4 Å². The van der Waals surface area contributed by atoms with Crippen LogP contribution in [0, 0.1) is 0 Å². The Kier molecular flexibility index (Phi) is 4.53. The zero-order valence-corrected chi connectivity index (χ0v) is 12.8. The molecule has 3 rings (SSSR count). The molecule has 1 aromatic heterocycles. The normalized spacial score (nSPS) is 19.9. The molecule has 2 atom stereocenters. The first-order valence-electron chi connectivity index (χ1n) is 7.65. The smallest absolute Gasteiger partial charge is 0.256 e. The summed E-state index contributed by atoms with van der Waals surface area (Å²) in [7, 11) is 1.59. The van der Waals surface area contributed by atoms with Crippen LogP contribution in [-0.2, 0) is 9.53 Å². The number of benzene rings is 1. The summed E-state index contributed by atoms with van der Waals surface area (Å²) in [5.74, 6) is 0.0329. The number of amides is 1. The van der Waals surface area contributed by atoms with Gasteiger partial charge in [0.25, 0.3) is 5.91 Å². The number of carbonyl (C=O) groups is 1. The van der Waals surface area contributed by atoms with Crippen LogP contribution in [0.5, 0.6) is 0 Å². The van der Waals surface area contributed by atoms with E-state index < -0.39 is 6.10 Å². The maximum Gasteiger partial charge on any atom is 0.256 e. The lowest BCUT2D eigenvalue weighted by molar-refractivity contribution is -0.144. The molecule has 0 saturated carbocycles. The molecule has 1 amide bonds. The van der Waals surface area contributed by atoms with Gasteiger partial charge in [-0.3, -0.25) is 9.48 Å². The van der Waals surface area contributed by atoms with Gasteiger partial charge in [0.05, 0.1) is 6.04 Å². The van der Waals surface area contributed by atoms with Crippen molar-refractivity contribution in [2.45, 2.75) is 25.0 Å². The highest BCUT2D eigenvalue weighted by atomic mass is 16.5. The number of nitrogens with zero attached hydrogens (tertiary/aromatic N) is 3. The Morgan fingerprint density at radius 1 is 1.32 bits per heavy atom. The molecule has 1 saturated heterocycles. The highest BCUT2D eigenvalue weighted by molar-refractivity contribution is 5.82. The van der Waals surface area contributed by atoms with E-state index in [1.807, 2.05) is 52.2 Å². The Bertz CT molecular complexity index is 598. The Morgan fingerprint density at radius 3 is 2.82 bits per heavy atom. The van der Waals surface area contributed by atoms with E-state index in [1.165, 1.54) is 0 Å². The monoisotopic (exact) mass is 299 g/mol. The van der Waals surface area contributed by atoms with Gasteiger partial charge < -0.3 is 9.64 Å². The van der Waals surface area contributed by atoms with E-state index in [4.69, 9.17) is 4.74 Å². The topological polar surface area (TPSA) is 47.4 Å². The van der Waals surface area contributed by atoms with Gasteiger partial charge in [0.15, 0.2) is 6.10 Å². The third-order valence-corrected chi connectivity index (χ3v) is 4.17. The van der Waals surface area contributed by atoms with E-state index in [0.717, 1.165) is 24.9 Å². The summed E-state index contributed by atoms with van der Waals surface area (Å²) in [6, 6.07) is 11.8. The number of aromatic nitrogens is 2. The second kappa shape index (κ2) is 6.75. The summed E-state index contributed by atoms with van der Waals surface area (Å²) in [6.07, 6.45) is 5.25. The Balaban J connectivity index is 1.73. The van der Waals surface area contributed by atoms with Crippen molar-refractivity contribution in [3.63, 3.8) is 0 Å². The van der Waals surface area contributed by atoms with Gasteiger partial charge in [-0.05, 0) is 24.5 Å². The standard InChI is InChI=1S/C17H21N3O2/c1-22-16(14-7-3-2-4-8-14)17(21)19-11-5-9-15(13-19)20-12-6-10-18-20/h2-4,6-8,10,12,15-16H,5,9,11,13H2,1H3/t15-,16-/m1/s1. The number of rotatable bonds is 4. The Morgan fingerprint density at radius 2 is 2.14 bits per heavy atom. The summed E-state index contributed by atoms with van der Waals surface area (Å²) in [5, 5.41) is 4.30. The molecule has 1 fully saturated rings. The van der Waals surface area contributed by atoms with Crippen LogP contribution in [0.2, 0.25) is 0 Å². The Hall–Kier alpha value is -2.14. The summed E-state index contributed by atoms with van der Waals surface area (Å²) >= 11 is 0. The van der Waals surface area contributed by atoms with Crippen LogP contribution >= 0.6 is 0 Å².